The lowest BCUT2D eigenvalue weighted by Crippen LogP contribution is -2.35. The van der Waals surface area contributed by atoms with Crippen LogP contribution in [0, 0.1) is 5.82 Å². The van der Waals surface area contributed by atoms with Gasteiger partial charge in [-0.1, -0.05) is 18.2 Å². The molecule has 0 spiro atoms. The Morgan fingerprint density at radius 3 is 2.67 bits per heavy atom. The number of pyridine rings is 1. The summed E-state index contributed by atoms with van der Waals surface area (Å²) in [5.74, 6) is -0.541. The molecule has 0 unspecified atom stereocenters. The van der Waals surface area contributed by atoms with Crippen LogP contribution in [-0.2, 0) is 16.3 Å². The third kappa shape index (κ3) is 3.97. The summed E-state index contributed by atoms with van der Waals surface area (Å²) in [5, 5.41) is 2.71. The first-order chi connectivity index (χ1) is 11.4. The summed E-state index contributed by atoms with van der Waals surface area (Å²) in [6, 6.07) is 9.42. The Kier molecular flexibility index (Phi) is 4.62. The number of nitrogens with one attached hydrogen (secondary N) is 1. The Balaban J connectivity index is 1.64. The first-order valence-corrected chi connectivity index (χ1v) is 9.45. The lowest BCUT2D eigenvalue weighted by atomic mass is 10.1. The number of amides is 1. The molecule has 126 valence electrons. The molecule has 1 saturated heterocycles. The molecule has 2 aromatic rings. The third-order valence-corrected chi connectivity index (χ3v) is 5.75. The minimum Gasteiger partial charge on any atom is -0.348 e. The summed E-state index contributed by atoms with van der Waals surface area (Å²) < 4.78 is 36.5. The van der Waals surface area contributed by atoms with Crippen molar-refractivity contribution in [2.75, 3.05) is 11.5 Å². The topological polar surface area (TPSA) is 76.1 Å². The lowest BCUT2D eigenvalue weighted by Gasteiger charge is -2.11. The second kappa shape index (κ2) is 6.68. The zero-order valence-corrected chi connectivity index (χ0v) is 13.7. The second-order valence-corrected chi connectivity index (χ2v) is 8.11. The van der Waals surface area contributed by atoms with Gasteiger partial charge in [-0.15, -0.1) is 0 Å². The zero-order chi connectivity index (χ0) is 17.2. The van der Waals surface area contributed by atoms with Gasteiger partial charge in [-0.3, -0.25) is 9.78 Å². The molecule has 1 N–H and O–H groups in total. The first kappa shape index (κ1) is 16.6. The highest BCUT2D eigenvalue weighted by atomic mass is 32.2. The Hall–Kier alpha value is -2.28. The van der Waals surface area contributed by atoms with Crippen LogP contribution in [0.25, 0.3) is 0 Å². The maximum Gasteiger partial charge on any atom is 0.253 e. The monoisotopic (exact) mass is 348 g/mol. The van der Waals surface area contributed by atoms with Gasteiger partial charge in [0.2, 0.25) is 0 Å². The number of carbonyl (C=O) groups is 1. The molecule has 1 aliphatic heterocycles. The first-order valence-electron chi connectivity index (χ1n) is 7.62. The highest BCUT2D eigenvalue weighted by Gasteiger charge is 2.29. The number of nitrogens with zero attached hydrogens (tertiary/aromatic N) is 1. The minimum absolute atomic E-state index is 0.0163. The Bertz CT molecular complexity index is 850. The summed E-state index contributed by atoms with van der Waals surface area (Å²) in [5.41, 5.74) is 1.55. The molecular weight excluding hydrogens is 331 g/mol. The van der Waals surface area contributed by atoms with Crippen LogP contribution in [-0.4, -0.2) is 36.9 Å². The van der Waals surface area contributed by atoms with Crippen LogP contribution in [0.3, 0.4) is 0 Å². The Morgan fingerprint density at radius 2 is 2.04 bits per heavy atom. The van der Waals surface area contributed by atoms with E-state index in [1.54, 1.807) is 30.3 Å². The van der Waals surface area contributed by atoms with Crippen LogP contribution in [0.1, 0.15) is 28.0 Å². The number of rotatable bonds is 4. The van der Waals surface area contributed by atoms with E-state index in [0.717, 1.165) is 0 Å². The van der Waals surface area contributed by atoms with E-state index in [-0.39, 0.29) is 29.3 Å². The molecule has 5 nitrogen and oxygen atoms in total. The molecule has 1 fully saturated rings. The van der Waals surface area contributed by atoms with Crippen LogP contribution >= 0.6 is 0 Å². The molecule has 2 heterocycles. The van der Waals surface area contributed by atoms with Gasteiger partial charge in [0.25, 0.3) is 5.91 Å². The van der Waals surface area contributed by atoms with Crippen molar-refractivity contribution in [3.63, 3.8) is 0 Å². The fourth-order valence-corrected chi connectivity index (χ4v) is 4.35. The predicted octanol–water partition coefficient (Wildman–Crippen LogP) is 1.73. The van der Waals surface area contributed by atoms with Gasteiger partial charge in [-0.2, -0.15) is 0 Å². The molecule has 7 heteroatoms. The summed E-state index contributed by atoms with van der Waals surface area (Å²) in [6.45, 7) is 0. The molecule has 1 aliphatic rings. The van der Waals surface area contributed by atoms with Gasteiger partial charge >= 0.3 is 0 Å². The van der Waals surface area contributed by atoms with Crippen LogP contribution in [0.4, 0.5) is 4.39 Å². The number of hydrogen-bond donors (Lipinski definition) is 1. The van der Waals surface area contributed by atoms with Crippen molar-refractivity contribution in [2.45, 2.75) is 18.9 Å². The van der Waals surface area contributed by atoms with Gasteiger partial charge < -0.3 is 5.32 Å². The molecule has 3 rings (SSSR count). The SMILES string of the molecule is O=C(N[C@H]1CCS(=O)(=O)C1)c1ccc(Cc2ccccc2F)nc1. The number of benzene rings is 1. The normalized spacial score (nSPS) is 19.1. The van der Waals surface area contributed by atoms with E-state index < -0.39 is 9.84 Å². The van der Waals surface area contributed by atoms with E-state index in [1.165, 1.54) is 12.3 Å². The molecule has 0 radical (unpaired) electrons. The van der Waals surface area contributed by atoms with Crippen molar-refractivity contribution in [1.82, 2.24) is 10.3 Å². The van der Waals surface area contributed by atoms with Gasteiger partial charge in [0.1, 0.15) is 5.82 Å². The number of sulfone groups is 1. The summed E-state index contributed by atoms with van der Waals surface area (Å²) >= 11 is 0. The van der Waals surface area contributed by atoms with Gasteiger partial charge in [0.15, 0.2) is 9.84 Å². The van der Waals surface area contributed by atoms with E-state index in [4.69, 9.17) is 0 Å². The summed E-state index contributed by atoms with van der Waals surface area (Å²) in [6.07, 6.45) is 2.21. The van der Waals surface area contributed by atoms with Crippen LogP contribution in [0.2, 0.25) is 0 Å². The second-order valence-electron chi connectivity index (χ2n) is 5.88. The van der Waals surface area contributed by atoms with Crippen molar-refractivity contribution >= 4 is 15.7 Å². The molecule has 24 heavy (non-hydrogen) atoms. The van der Waals surface area contributed by atoms with Gasteiger partial charge in [0.05, 0.1) is 17.1 Å². The maximum atomic E-state index is 13.6. The molecule has 1 aromatic heterocycles. The quantitative estimate of drug-likeness (QED) is 0.913. The zero-order valence-electron chi connectivity index (χ0n) is 12.9. The minimum atomic E-state index is -3.03. The third-order valence-electron chi connectivity index (χ3n) is 3.98. The van der Waals surface area contributed by atoms with E-state index in [0.29, 0.717) is 29.7 Å². The number of aromatic nitrogens is 1. The highest BCUT2D eigenvalue weighted by molar-refractivity contribution is 7.91. The van der Waals surface area contributed by atoms with Crippen LogP contribution in [0.5, 0.6) is 0 Å². The fourth-order valence-electron chi connectivity index (χ4n) is 2.68. The van der Waals surface area contributed by atoms with Crippen molar-refractivity contribution in [3.8, 4) is 0 Å². The molecule has 1 amide bonds. The Labute approximate surface area is 139 Å². The standard InChI is InChI=1S/C17H17FN2O3S/c18-16-4-2-1-3-12(16)9-14-6-5-13(10-19-14)17(21)20-15-7-8-24(22,23)11-15/h1-6,10,15H,7-9,11H2,(H,20,21)/t15-/m0/s1. The highest BCUT2D eigenvalue weighted by Crippen LogP contribution is 2.14. The average Bonchev–Trinajstić information content (AvgIpc) is 2.89. The smallest absolute Gasteiger partial charge is 0.253 e. The van der Waals surface area contributed by atoms with Crippen LogP contribution < -0.4 is 5.32 Å². The number of halogens is 1. The van der Waals surface area contributed by atoms with Crippen molar-refractivity contribution < 1.29 is 17.6 Å². The summed E-state index contributed by atoms with van der Waals surface area (Å²) in [7, 11) is -3.03. The van der Waals surface area contributed by atoms with E-state index in [9.17, 15) is 17.6 Å². The summed E-state index contributed by atoms with van der Waals surface area (Å²) in [4.78, 5) is 16.3. The lowest BCUT2D eigenvalue weighted by molar-refractivity contribution is 0.0940. The molecular formula is C17H17FN2O3S. The number of hydrogen-bond acceptors (Lipinski definition) is 4. The van der Waals surface area contributed by atoms with E-state index >= 15 is 0 Å². The molecule has 0 saturated carbocycles. The van der Waals surface area contributed by atoms with Gasteiger partial charge in [0, 0.05) is 24.4 Å². The van der Waals surface area contributed by atoms with Gasteiger partial charge in [-0.05, 0) is 30.2 Å². The molecule has 0 bridgehead atoms. The van der Waals surface area contributed by atoms with Crippen LogP contribution in [0.15, 0.2) is 42.6 Å². The molecule has 0 aliphatic carbocycles. The molecule has 1 atom stereocenters. The van der Waals surface area contributed by atoms with Crippen molar-refractivity contribution in [1.29, 1.82) is 0 Å². The Morgan fingerprint density at radius 1 is 1.25 bits per heavy atom. The fraction of sp³-hybridized carbons (Fsp3) is 0.294. The van der Waals surface area contributed by atoms with E-state index in [1.807, 2.05) is 0 Å². The maximum absolute atomic E-state index is 13.6. The van der Waals surface area contributed by atoms with E-state index in [2.05, 4.69) is 10.3 Å². The predicted molar refractivity (Wildman–Crippen MR) is 88.0 cm³/mol. The number of carbonyl (C=O) groups excluding carboxylic acids is 1. The van der Waals surface area contributed by atoms with Gasteiger partial charge in [-0.25, -0.2) is 12.8 Å². The largest absolute Gasteiger partial charge is 0.348 e. The molecule has 1 aromatic carbocycles. The average molecular weight is 348 g/mol. The van der Waals surface area contributed by atoms with Crippen molar-refractivity contribution in [2.24, 2.45) is 0 Å². The van der Waals surface area contributed by atoms with Crippen molar-refractivity contribution in [3.05, 3.63) is 65.2 Å².